The van der Waals surface area contributed by atoms with Gasteiger partial charge in [-0.1, -0.05) is 6.07 Å². The van der Waals surface area contributed by atoms with E-state index < -0.39 is 6.04 Å². The zero-order valence-corrected chi connectivity index (χ0v) is 10.3. The lowest BCUT2D eigenvalue weighted by Gasteiger charge is -2.09. The number of ether oxygens (including phenoxy) is 1. The number of rotatable bonds is 6. The fourth-order valence-electron chi connectivity index (χ4n) is 1.01. The van der Waals surface area contributed by atoms with Crippen LogP contribution in [0.4, 0.5) is 0 Å². The van der Waals surface area contributed by atoms with Crippen LogP contribution in [0, 0.1) is 0 Å². The van der Waals surface area contributed by atoms with E-state index in [-0.39, 0.29) is 5.97 Å². The molecule has 0 unspecified atom stereocenters. The van der Waals surface area contributed by atoms with Gasteiger partial charge in [-0.15, -0.1) is 11.3 Å². The highest BCUT2D eigenvalue weighted by molar-refractivity contribution is 7.98. The Hall–Kier alpha value is -0.520. The van der Waals surface area contributed by atoms with E-state index in [2.05, 4.69) is 0 Å². The predicted molar refractivity (Wildman–Crippen MR) is 65.1 cm³/mol. The van der Waals surface area contributed by atoms with Crippen LogP contribution in [0.3, 0.4) is 0 Å². The first-order valence-corrected chi connectivity index (χ1v) is 6.95. The highest BCUT2D eigenvalue weighted by atomic mass is 32.2. The summed E-state index contributed by atoms with van der Waals surface area (Å²) < 4.78 is 5.08. The molecule has 0 spiro atoms. The lowest BCUT2D eigenvalue weighted by Crippen LogP contribution is -2.32. The molecule has 1 heterocycles. The number of nitrogens with two attached hydrogens (primary N) is 1. The molecule has 0 fully saturated rings. The lowest BCUT2D eigenvalue weighted by atomic mass is 10.2. The average molecular weight is 245 g/mol. The van der Waals surface area contributed by atoms with Gasteiger partial charge < -0.3 is 10.5 Å². The van der Waals surface area contributed by atoms with Gasteiger partial charge >= 0.3 is 5.97 Å². The zero-order chi connectivity index (χ0) is 11.1. The van der Waals surface area contributed by atoms with Crippen molar-refractivity contribution in [1.29, 1.82) is 0 Å². The molecular weight excluding hydrogens is 230 g/mol. The molecule has 5 heteroatoms. The Bertz CT molecular complexity index is 288. The Morgan fingerprint density at radius 2 is 2.53 bits per heavy atom. The molecule has 1 rings (SSSR count). The van der Waals surface area contributed by atoms with Gasteiger partial charge in [0.1, 0.15) is 12.6 Å². The van der Waals surface area contributed by atoms with E-state index in [9.17, 15) is 4.79 Å². The van der Waals surface area contributed by atoms with Crippen LogP contribution in [0.15, 0.2) is 17.5 Å². The minimum Gasteiger partial charge on any atom is -0.459 e. The van der Waals surface area contributed by atoms with E-state index in [0.717, 1.165) is 10.6 Å². The molecule has 0 saturated carbocycles. The summed E-state index contributed by atoms with van der Waals surface area (Å²) in [6.45, 7) is 0.337. The van der Waals surface area contributed by atoms with E-state index in [1.807, 2.05) is 23.8 Å². The molecule has 3 nitrogen and oxygen atoms in total. The molecule has 2 N–H and O–H groups in total. The number of hydrogen-bond acceptors (Lipinski definition) is 5. The molecule has 1 aromatic heterocycles. The van der Waals surface area contributed by atoms with Crippen LogP contribution < -0.4 is 5.73 Å². The van der Waals surface area contributed by atoms with E-state index in [1.165, 1.54) is 0 Å². The van der Waals surface area contributed by atoms with Gasteiger partial charge in [0.2, 0.25) is 0 Å². The molecule has 15 heavy (non-hydrogen) atoms. The topological polar surface area (TPSA) is 52.3 Å². The van der Waals surface area contributed by atoms with Gasteiger partial charge in [0.05, 0.1) is 0 Å². The molecule has 0 amide bonds. The SMILES string of the molecule is CSCC[C@H](N)C(=O)OCc1cccs1. The lowest BCUT2D eigenvalue weighted by molar-refractivity contribution is -0.146. The van der Waals surface area contributed by atoms with E-state index >= 15 is 0 Å². The monoisotopic (exact) mass is 245 g/mol. The highest BCUT2D eigenvalue weighted by Gasteiger charge is 2.14. The maximum absolute atomic E-state index is 11.4. The summed E-state index contributed by atoms with van der Waals surface area (Å²) >= 11 is 3.25. The first kappa shape index (κ1) is 12.5. The van der Waals surface area contributed by atoms with Crippen LogP contribution in [0.25, 0.3) is 0 Å². The number of carbonyl (C=O) groups excluding carboxylic acids is 1. The predicted octanol–water partition coefficient (Wildman–Crippen LogP) is 1.87. The van der Waals surface area contributed by atoms with Crippen LogP contribution >= 0.6 is 23.1 Å². The summed E-state index contributed by atoms with van der Waals surface area (Å²) in [5.41, 5.74) is 5.66. The van der Waals surface area contributed by atoms with Crippen LogP contribution in [0.5, 0.6) is 0 Å². The summed E-state index contributed by atoms with van der Waals surface area (Å²) in [4.78, 5) is 12.4. The van der Waals surface area contributed by atoms with Gasteiger partial charge in [0.15, 0.2) is 0 Å². The van der Waals surface area contributed by atoms with Gasteiger partial charge in [0.25, 0.3) is 0 Å². The molecule has 1 aromatic rings. The summed E-state index contributed by atoms with van der Waals surface area (Å²) in [6.07, 6.45) is 2.66. The van der Waals surface area contributed by atoms with Crippen LogP contribution in [-0.2, 0) is 16.1 Å². The Kier molecular flexibility index (Phi) is 5.75. The minimum absolute atomic E-state index is 0.308. The number of thioether (sulfide) groups is 1. The third-order valence-corrected chi connectivity index (χ3v) is 3.37. The molecular formula is C10H15NO2S2. The zero-order valence-electron chi connectivity index (χ0n) is 8.64. The summed E-state index contributed by atoms with van der Waals surface area (Å²) in [7, 11) is 0. The molecule has 1 atom stereocenters. The smallest absolute Gasteiger partial charge is 0.323 e. The normalized spacial score (nSPS) is 12.4. The first-order chi connectivity index (χ1) is 7.24. The summed E-state index contributed by atoms with van der Waals surface area (Å²) in [5.74, 6) is 0.576. The van der Waals surface area contributed by atoms with Crippen LogP contribution in [-0.4, -0.2) is 24.0 Å². The summed E-state index contributed by atoms with van der Waals surface area (Å²) in [5, 5.41) is 1.96. The Morgan fingerprint density at radius 1 is 1.73 bits per heavy atom. The fraction of sp³-hybridized carbons (Fsp3) is 0.500. The summed E-state index contributed by atoms with van der Waals surface area (Å²) in [6, 6.07) is 3.38. The molecule has 0 aliphatic carbocycles. The van der Waals surface area contributed by atoms with Crippen molar-refractivity contribution in [3.63, 3.8) is 0 Å². The van der Waals surface area contributed by atoms with Gasteiger partial charge in [-0.05, 0) is 29.9 Å². The van der Waals surface area contributed by atoms with Gasteiger partial charge in [-0.3, -0.25) is 4.79 Å². The van der Waals surface area contributed by atoms with Crippen molar-refractivity contribution >= 4 is 29.1 Å². The Balaban J connectivity index is 2.23. The molecule has 84 valence electrons. The molecule has 0 radical (unpaired) electrons. The number of thiophene rings is 1. The van der Waals surface area contributed by atoms with Crippen molar-refractivity contribution in [2.24, 2.45) is 5.73 Å². The second-order valence-electron chi connectivity index (χ2n) is 3.08. The fourth-order valence-corrected chi connectivity index (χ4v) is 2.11. The molecule has 0 saturated heterocycles. The van der Waals surface area contributed by atoms with Gasteiger partial charge in [0, 0.05) is 4.88 Å². The third kappa shape index (κ3) is 4.68. The third-order valence-electron chi connectivity index (χ3n) is 1.87. The maximum Gasteiger partial charge on any atom is 0.323 e. The standard InChI is InChI=1S/C10H15NO2S2/c1-14-6-4-9(11)10(12)13-7-8-3-2-5-15-8/h2-3,5,9H,4,6-7,11H2,1H3/t9-/m0/s1. The Morgan fingerprint density at radius 3 is 3.13 bits per heavy atom. The second kappa shape index (κ2) is 6.87. The number of hydrogen-bond donors (Lipinski definition) is 1. The molecule has 0 aliphatic heterocycles. The minimum atomic E-state index is -0.489. The number of esters is 1. The van der Waals surface area contributed by atoms with Crippen molar-refractivity contribution < 1.29 is 9.53 Å². The highest BCUT2D eigenvalue weighted by Crippen LogP contribution is 2.10. The largest absolute Gasteiger partial charge is 0.459 e. The van der Waals surface area contributed by atoms with Crippen molar-refractivity contribution in [3.05, 3.63) is 22.4 Å². The number of carbonyl (C=O) groups is 1. The van der Waals surface area contributed by atoms with E-state index in [0.29, 0.717) is 13.0 Å². The van der Waals surface area contributed by atoms with Crippen molar-refractivity contribution in [1.82, 2.24) is 0 Å². The van der Waals surface area contributed by atoms with Gasteiger partial charge in [-0.25, -0.2) is 0 Å². The molecule has 0 bridgehead atoms. The average Bonchev–Trinajstić information content (AvgIpc) is 2.75. The molecule has 0 aliphatic rings. The molecule has 0 aromatic carbocycles. The second-order valence-corrected chi connectivity index (χ2v) is 5.09. The van der Waals surface area contributed by atoms with Crippen LogP contribution in [0.1, 0.15) is 11.3 Å². The van der Waals surface area contributed by atoms with Crippen molar-refractivity contribution in [2.45, 2.75) is 19.1 Å². The van der Waals surface area contributed by atoms with E-state index in [1.54, 1.807) is 23.1 Å². The Labute approximate surface area is 98.0 Å². The van der Waals surface area contributed by atoms with E-state index in [4.69, 9.17) is 10.5 Å². The maximum atomic E-state index is 11.4. The first-order valence-electron chi connectivity index (χ1n) is 4.67. The van der Waals surface area contributed by atoms with Gasteiger partial charge in [-0.2, -0.15) is 11.8 Å². The van der Waals surface area contributed by atoms with Crippen molar-refractivity contribution in [3.8, 4) is 0 Å². The van der Waals surface area contributed by atoms with Crippen molar-refractivity contribution in [2.75, 3.05) is 12.0 Å². The quantitative estimate of drug-likeness (QED) is 0.777. The van der Waals surface area contributed by atoms with Crippen LogP contribution in [0.2, 0.25) is 0 Å².